The second-order valence-electron chi connectivity index (χ2n) is 7.97. The minimum atomic E-state index is -2.05. The highest BCUT2D eigenvalue weighted by atomic mass is 19.1. The van der Waals surface area contributed by atoms with E-state index in [4.69, 9.17) is 14.2 Å². The molecule has 4 rings (SSSR count). The Labute approximate surface area is 196 Å². The maximum atomic E-state index is 15.9. The average molecular weight is 487 g/mol. The van der Waals surface area contributed by atoms with E-state index < -0.39 is 69.1 Å². The fourth-order valence-electron chi connectivity index (χ4n) is 3.73. The predicted octanol–water partition coefficient (Wildman–Crippen LogP) is 3.72. The molecule has 3 aromatic rings. The molecule has 1 aliphatic rings. The summed E-state index contributed by atoms with van der Waals surface area (Å²) in [6, 6.07) is 8.67. The number of esters is 2. The molecule has 0 aliphatic carbocycles. The molecular weight excluding hydrogens is 468 g/mol. The van der Waals surface area contributed by atoms with Crippen molar-refractivity contribution in [2.75, 3.05) is 6.61 Å². The molecule has 182 valence electrons. The number of pyridine rings is 1. The zero-order valence-corrected chi connectivity index (χ0v) is 18.8. The van der Waals surface area contributed by atoms with Gasteiger partial charge in [-0.15, -0.1) is 0 Å². The minimum absolute atomic E-state index is 0.0314. The predicted molar refractivity (Wildman–Crippen MR) is 116 cm³/mol. The van der Waals surface area contributed by atoms with Crippen LogP contribution in [0, 0.1) is 11.6 Å². The Balaban J connectivity index is 2.01. The first kappa shape index (κ1) is 23.9. The van der Waals surface area contributed by atoms with E-state index in [0.717, 1.165) is 10.8 Å². The Bertz CT molecular complexity index is 1390. The molecule has 2 heterocycles. The number of hydrogen-bond acceptors (Lipinski definition) is 8. The van der Waals surface area contributed by atoms with Crippen molar-refractivity contribution in [1.29, 1.82) is 0 Å². The zero-order valence-electron chi connectivity index (χ0n) is 18.8. The summed E-state index contributed by atoms with van der Waals surface area (Å²) in [5.74, 6) is -9.36. The van der Waals surface area contributed by atoms with Crippen molar-refractivity contribution in [2.24, 2.45) is 0 Å². The van der Waals surface area contributed by atoms with Gasteiger partial charge in [0.1, 0.15) is 5.82 Å². The number of cyclic esters (lactones) is 2. The summed E-state index contributed by atoms with van der Waals surface area (Å²) in [5, 5.41) is -0.507. The molecule has 0 saturated carbocycles. The van der Waals surface area contributed by atoms with Crippen LogP contribution in [0.2, 0.25) is 0 Å². The van der Waals surface area contributed by atoms with Crippen LogP contribution in [-0.2, 0) is 23.8 Å². The molecule has 0 atom stereocenters. The van der Waals surface area contributed by atoms with Gasteiger partial charge >= 0.3 is 18.1 Å². The Morgan fingerprint density at radius 2 is 1.71 bits per heavy atom. The zero-order chi connectivity index (χ0) is 25.5. The molecule has 11 heteroatoms. The lowest BCUT2D eigenvalue weighted by Gasteiger charge is -2.33. The molecule has 1 aliphatic heterocycles. The van der Waals surface area contributed by atoms with E-state index in [1.807, 2.05) is 0 Å². The van der Waals surface area contributed by atoms with Crippen LogP contribution >= 0.6 is 0 Å². The number of fused-ring (bicyclic) bond motifs is 1. The van der Waals surface area contributed by atoms with Crippen molar-refractivity contribution in [3.8, 4) is 11.4 Å². The third kappa shape index (κ3) is 4.32. The number of ether oxygens (including phenoxy) is 4. The molecule has 1 aromatic heterocycles. The summed E-state index contributed by atoms with van der Waals surface area (Å²) < 4.78 is 51.9. The number of carbonyl (C=O) groups is 3. The monoisotopic (exact) mass is 487 g/mol. The van der Waals surface area contributed by atoms with Crippen LogP contribution in [0.5, 0.6) is 5.75 Å². The lowest BCUT2D eigenvalue weighted by Crippen LogP contribution is -2.45. The van der Waals surface area contributed by atoms with Crippen molar-refractivity contribution in [2.45, 2.75) is 32.5 Å². The fraction of sp³-hybridized carbons (Fsp3) is 0.250. The van der Waals surface area contributed by atoms with E-state index in [1.165, 1.54) is 20.8 Å². The van der Waals surface area contributed by atoms with Crippen molar-refractivity contribution >= 4 is 29.0 Å². The lowest BCUT2D eigenvalue weighted by molar-refractivity contribution is -0.234. The Morgan fingerprint density at radius 3 is 2.31 bits per heavy atom. The van der Waals surface area contributed by atoms with Crippen LogP contribution in [0.4, 0.5) is 13.6 Å². The average Bonchev–Trinajstić information content (AvgIpc) is 2.77. The summed E-state index contributed by atoms with van der Waals surface area (Å²) >= 11 is 0. The first-order chi connectivity index (χ1) is 16.5. The number of benzene rings is 2. The number of carbonyl (C=O) groups excluding carboxylic acids is 3. The largest absolute Gasteiger partial charge is 0.514 e. The van der Waals surface area contributed by atoms with Crippen LogP contribution in [0.15, 0.2) is 47.4 Å². The standard InChI is InChI=1S/C24H19F2NO8/c1-4-32-23(31)33-15-11-27(12-8-6-5-7-9-12)19-13(20(15)28)10-14(25)16(18(19)26)17-21(29)34-24(2,3)35-22(17)30/h5-11,17H,4H2,1-3H3. The summed E-state index contributed by atoms with van der Waals surface area (Å²) in [6.45, 7) is 4.09. The van der Waals surface area contributed by atoms with E-state index in [2.05, 4.69) is 4.74 Å². The van der Waals surface area contributed by atoms with Crippen molar-refractivity contribution in [1.82, 2.24) is 4.57 Å². The third-order valence-electron chi connectivity index (χ3n) is 5.13. The Morgan fingerprint density at radius 1 is 1.09 bits per heavy atom. The topological polar surface area (TPSA) is 110 Å². The van der Waals surface area contributed by atoms with E-state index in [-0.39, 0.29) is 6.61 Å². The maximum absolute atomic E-state index is 15.9. The molecule has 0 bridgehead atoms. The van der Waals surface area contributed by atoms with Crippen molar-refractivity contribution in [3.63, 3.8) is 0 Å². The molecule has 0 amide bonds. The van der Waals surface area contributed by atoms with Gasteiger partial charge < -0.3 is 23.5 Å². The summed E-state index contributed by atoms with van der Waals surface area (Å²) in [5.41, 5.74) is -2.11. The van der Waals surface area contributed by atoms with Crippen molar-refractivity contribution < 1.29 is 42.1 Å². The number of aromatic nitrogens is 1. The lowest BCUT2D eigenvalue weighted by atomic mass is 9.94. The first-order valence-electron chi connectivity index (χ1n) is 10.5. The van der Waals surface area contributed by atoms with Gasteiger partial charge in [0.05, 0.1) is 29.3 Å². The summed E-state index contributed by atoms with van der Waals surface area (Å²) in [4.78, 5) is 49.9. The molecule has 35 heavy (non-hydrogen) atoms. The van der Waals surface area contributed by atoms with Gasteiger partial charge in [0, 0.05) is 19.5 Å². The molecule has 0 spiro atoms. The smallest absolute Gasteiger partial charge is 0.434 e. The third-order valence-corrected chi connectivity index (χ3v) is 5.13. The number of hydrogen-bond donors (Lipinski definition) is 0. The van der Waals surface area contributed by atoms with Gasteiger partial charge in [0.25, 0.3) is 5.79 Å². The van der Waals surface area contributed by atoms with Gasteiger partial charge in [0.2, 0.25) is 5.43 Å². The number of nitrogens with zero attached hydrogens (tertiary/aromatic N) is 1. The van der Waals surface area contributed by atoms with E-state index in [1.54, 1.807) is 30.3 Å². The van der Waals surface area contributed by atoms with Gasteiger partial charge in [-0.2, -0.15) is 0 Å². The maximum Gasteiger partial charge on any atom is 0.514 e. The quantitative estimate of drug-likeness (QED) is 0.405. The van der Waals surface area contributed by atoms with E-state index >= 15 is 8.78 Å². The Kier molecular flexibility index (Phi) is 6.01. The van der Waals surface area contributed by atoms with Crippen LogP contribution in [0.25, 0.3) is 16.6 Å². The summed E-state index contributed by atoms with van der Waals surface area (Å²) in [7, 11) is 0. The molecule has 9 nitrogen and oxygen atoms in total. The van der Waals surface area contributed by atoms with Gasteiger partial charge in [0.15, 0.2) is 17.5 Å². The molecule has 0 radical (unpaired) electrons. The van der Waals surface area contributed by atoms with Gasteiger partial charge in [-0.1, -0.05) is 18.2 Å². The number of para-hydroxylation sites is 1. The normalized spacial score (nSPS) is 15.5. The van der Waals surface area contributed by atoms with Crippen LogP contribution < -0.4 is 10.2 Å². The SMILES string of the molecule is CCOC(=O)Oc1cn(-c2ccccc2)c2c(F)c(C3C(=O)OC(C)(C)OC3=O)c(F)cc2c1=O. The molecule has 1 saturated heterocycles. The molecular formula is C24H19F2NO8. The van der Waals surface area contributed by atoms with Crippen LogP contribution in [0.3, 0.4) is 0 Å². The summed E-state index contributed by atoms with van der Waals surface area (Å²) in [6.07, 6.45) is -0.154. The van der Waals surface area contributed by atoms with Crippen LogP contribution in [0.1, 0.15) is 32.3 Å². The van der Waals surface area contributed by atoms with E-state index in [9.17, 15) is 19.2 Å². The van der Waals surface area contributed by atoms with Crippen molar-refractivity contribution in [3.05, 3.63) is 70.0 Å². The fourth-order valence-corrected chi connectivity index (χ4v) is 3.73. The van der Waals surface area contributed by atoms with Crippen LogP contribution in [-0.4, -0.2) is 35.1 Å². The minimum Gasteiger partial charge on any atom is -0.434 e. The van der Waals surface area contributed by atoms with Gasteiger partial charge in [-0.3, -0.25) is 14.4 Å². The van der Waals surface area contributed by atoms with Gasteiger partial charge in [-0.05, 0) is 25.1 Å². The second-order valence-corrected chi connectivity index (χ2v) is 7.97. The highest BCUT2D eigenvalue weighted by Crippen LogP contribution is 2.36. The Hall–Kier alpha value is -4.28. The number of rotatable bonds is 4. The molecule has 0 N–H and O–H groups in total. The molecule has 0 unspecified atom stereocenters. The molecule has 1 fully saturated rings. The second kappa shape index (κ2) is 8.82. The highest BCUT2D eigenvalue weighted by Gasteiger charge is 2.47. The molecule has 2 aromatic carbocycles. The van der Waals surface area contributed by atoms with E-state index in [0.29, 0.717) is 11.8 Å². The first-order valence-corrected chi connectivity index (χ1v) is 10.5. The highest BCUT2D eigenvalue weighted by molar-refractivity contribution is 6.03. The number of halogens is 2. The van der Waals surface area contributed by atoms with Gasteiger partial charge in [-0.25, -0.2) is 13.6 Å².